The topological polar surface area (TPSA) is 58.4 Å². The molecular formula is C17H21F2N3O2. The second-order valence-electron chi connectivity index (χ2n) is 6.89. The molecule has 0 aliphatic carbocycles. The van der Waals surface area contributed by atoms with Crippen LogP contribution in [0.15, 0.2) is 18.3 Å². The van der Waals surface area contributed by atoms with Crippen LogP contribution in [0.25, 0.3) is 11.0 Å². The van der Waals surface area contributed by atoms with Crippen LogP contribution in [0.4, 0.5) is 8.78 Å². The lowest BCUT2D eigenvalue weighted by atomic mass is 10.2. The molecule has 3 heterocycles. The summed E-state index contributed by atoms with van der Waals surface area (Å²) in [7, 11) is 0. The van der Waals surface area contributed by atoms with E-state index in [4.69, 9.17) is 5.11 Å². The molecule has 24 heavy (non-hydrogen) atoms. The van der Waals surface area contributed by atoms with E-state index < -0.39 is 11.9 Å². The van der Waals surface area contributed by atoms with Gasteiger partial charge in [-0.1, -0.05) is 13.8 Å². The van der Waals surface area contributed by atoms with Gasteiger partial charge in [-0.2, -0.15) is 0 Å². The van der Waals surface area contributed by atoms with Gasteiger partial charge in [0, 0.05) is 37.6 Å². The molecule has 0 radical (unpaired) electrons. The number of carbonyl (C=O) groups is 1. The summed E-state index contributed by atoms with van der Waals surface area (Å²) in [6.07, 6.45) is 1.80. The van der Waals surface area contributed by atoms with Gasteiger partial charge in [0.2, 0.25) is 0 Å². The van der Waals surface area contributed by atoms with Crippen molar-refractivity contribution in [1.29, 1.82) is 0 Å². The third-order valence-electron chi connectivity index (χ3n) is 4.23. The fourth-order valence-electron chi connectivity index (χ4n) is 3.20. The monoisotopic (exact) mass is 337 g/mol. The third kappa shape index (κ3) is 3.40. The van der Waals surface area contributed by atoms with Crippen molar-refractivity contribution in [2.45, 2.75) is 39.3 Å². The molecule has 2 aromatic heterocycles. The Kier molecular flexibility index (Phi) is 4.29. The van der Waals surface area contributed by atoms with Gasteiger partial charge in [-0.15, -0.1) is 0 Å². The molecule has 3 rings (SSSR count). The van der Waals surface area contributed by atoms with Gasteiger partial charge < -0.3 is 9.67 Å². The molecule has 130 valence electrons. The van der Waals surface area contributed by atoms with Crippen molar-refractivity contribution in [3.63, 3.8) is 0 Å². The lowest BCUT2D eigenvalue weighted by Crippen LogP contribution is -2.24. The Bertz CT molecular complexity index is 771. The standard InChI is InChI=1S/C17H21F2N3O2/c1-11(2)7-22-9-12(8-21-6-5-17(18,19)10-21)13-3-4-14(16(23)24)20-15(13)22/h3-4,9,11H,5-8,10H2,1-2H3,(H,23,24). The number of hydrogen-bond acceptors (Lipinski definition) is 3. The predicted octanol–water partition coefficient (Wildman–Crippen LogP) is 3.23. The van der Waals surface area contributed by atoms with E-state index in [2.05, 4.69) is 18.8 Å². The first kappa shape index (κ1) is 16.8. The Balaban J connectivity index is 1.97. The molecule has 0 amide bonds. The number of aromatic nitrogens is 2. The molecule has 0 bridgehead atoms. The number of aromatic carboxylic acids is 1. The summed E-state index contributed by atoms with van der Waals surface area (Å²) in [6.45, 7) is 5.38. The molecule has 0 aromatic carbocycles. The van der Waals surface area contributed by atoms with Gasteiger partial charge in [-0.3, -0.25) is 4.90 Å². The molecule has 0 unspecified atom stereocenters. The molecule has 0 atom stereocenters. The van der Waals surface area contributed by atoms with Gasteiger partial charge in [0.15, 0.2) is 5.69 Å². The first-order chi connectivity index (χ1) is 11.2. The minimum atomic E-state index is -2.62. The summed E-state index contributed by atoms with van der Waals surface area (Å²) >= 11 is 0. The van der Waals surface area contributed by atoms with Crippen molar-refractivity contribution in [2.75, 3.05) is 13.1 Å². The molecule has 5 nitrogen and oxygen atoms in total. The summed E-state index contributed by atoms with van der Waals surface area (Å²) in [5.41, 5.74) is 1.50. The van der Waals surface area contributed by atoms with E-state index >= 15 is 0 Å². The fraction of sp³-hybridized carbons (Fsp3) is 0.529. The van der Waals surface area contributed by atoms with Crippen LogP contribution in [-0.4, -0.2) is 44.5 Å². The van der Waals surface area contributed by atoms with Gasteiger partial charge >= 0.3 is 5.97 Å². The summed E-state index contributed by atoms with van der Waals surface area (Å²) in [4.78, 5) is 17.2. The van der Waals surface area contributed by atoms with E-state index in [0.29, 0.717) is 31.2 Å². The number of carboxylic acid groups (broad SMARTS) is 1. The normalized spacial score (nSPS) is 17.9. The number of fused-ring (bicyclic) bond motifs is 1. The van der Waals surface area contributed by atoms with Gasteiger partial charge in [0.05, 0.1) is 6.54 Å². The Morgan fingerprint density at radius 1 is 1.42 bits per heavy atom. The van der Waals surface area contributed by atoms with Gasteiger partial charge in [-0.25, -0.2) is 18.6 Å². The van der Waals surface area contributed by atoms with Crippen molar-refractivity contribution in [2.24, 2.45) is 5.92 Å². The Labute approximate surface area is 138 Å². The summed E-state index contributed by atoms with van der Waals surface area (Å²) in [6, 6.07) is 3.19. The quantitative estimate of drug-likeness (QED) is 0.910. The smallest absolute Gasteiger partial charge is 0.354 e. The summed E-state index contributed by atoms with van der Waals surface area (Å²) in [5, 5.41) is 9.98. The van der Waals surface area contributed by atoms with E-state index in [-0.39, 0.29) is 18.7 Å². The zero-order chi connectivity index (χ0) is 17.5. The van der Waals surface area contributed by atoms with E-state index in [9.17, 15) is 13.6 Å². The SMILES string of the molecule is CC(C)Cn1cc(CN2CCC(F)(F)C2)c2ccc(C(=O)O)nc21. The van der Waals surface area contributed by atoms with Crippen LogP contribution in [0.3, 0.4) is 0 Å². The first-order valence-electron chi connectivity index (χ1n) is 8.07. The van der Waals surface area contributed by atoms with Crippen molar-refractivity contribution in [1.82, 2.24) is 14.5 Å². The molecule has 2 aromatic rings. The Hall–Kier alpha value is -2.02. The number of carboxylic acids is 1. The van der Waals surface area contributed by atoms with Crippen molar-refractivity contribution in [3.05, 3.63) is 29.6 Å². The lowest BCUT2D eigenvalue weighted by molar-refractivity contribution is 0.0115. The second kappa shape index (κ2) is 6.12. The molecule has 1 aliphatic rings. The number of nitrogens with zero attached hydrogens (tertiary/aromatic N) is 3. The number of alkyl halides is 2. The van der Waals surface area contributed by atoms with E-state index in [0.717, 1.165) is 10.9 Å². The zero-order valence-corrected chi connectivity index (χ0v) is 13.8. The number of likely N-dealkylation sites (tertiary alicyclic amines) is 1. The highest BCUT2D eigenvalue weighted by molar-refractivity contribution is 5.90. The van der Waals surface area contributed by atoms with Crippen LogP contribution in [0.2, 0.25) is 0 Å². The second-order valence-corrected chi connectivity index (χ2v) is 6.89. The van der Waals surface area contributed by atoms with E-state index in [1.54, 1.807) is 11.0 Å². The number of pyridine rings is 1. The van der Waals surface area contributed by atoms with Crippen molar-refractivity contribution >= 4 is 17.0 Å². The van der Waals surface area contributed by atoms with Crippen LogP contribution < -0.4 is 0 Å². The molecule has 1 aliphatic heterocycles. The highest BCUT2D eigenvalue weighted by Crippen LogP contribution is 2.30. The minimum absolute atomic E-state index is 0.00939. The van der Waals surface area contributed by atoms with Crippen molar-refractivity contribution in [3.8, 4) is 0 Å². The van der Waals surface area contributed by atoms with Crippen LogP contribution in [-0.2, 0) is 13.1 Å². The fourth-order valence-corrected chi connectivity index (χ4v) is 3.20. The summed E-state index contributed by atoms with van der Waals surface area (Å²) < 4.78 is 28.7. The maximum absolute atomic E-state index is 13.4. The van der Waals surface area contributed by atoms with Crippen molar-refractivity contribution < 1.29 is 18.7 Å². The average molecular weight is 337 g/mol. The van der Waals surface area contributed by atoms with E-state index in [1.165, 1.54) is 6.07 Å². The van der Waals surface area contributed by atoms with E-state index in [1.807, 2.05) is 10.8 Å². The first-order valence-corrected chi connectivity index (χ1v) is 8.07. The number of halogens is 2. The maximum atomic E-state index is 13.4. The van der Waals surface area contributed by atoms with Crippen LogP contribution >= 0.6 is 0 Å². The predicted molar refractivity (Wildman–Crippen MR) is 86.4 cm³/mol. The molecule has 1 saturated heterocycles. The third-order valence-corrected chi connectivity index (χ3v) is 4.23. The van der Waals surface area contributed by atoms with Gasteiger partial charge in [0.1, 0.15) is 5.65 Å². The highest BCUT2D eigenvalue weighted by atomic mass is 19.3. The maximum Gasteiger partial charge on any atom is 0.354 e. The van der Waals surface area contributed by atoms with Crippen LogP contribution in [0, 0.1) is 5.92 Å². The molecule has 1 N–H and O–H groups in total. The average Bonchev–Trinajstić information content (AvgIpc) is 2.99. The minimum Gasteiger partial charge on any atom is -0.477 e. The molecule has 7 heteroatoms. The Morgan fingerprint density at radius 3 is 2.75 bits per heavy atom. The van der Waals surface area contributed by atoms with Crippen LogP contribution in [0.5, 0.6) is 0 Å². The molecule has 0 spiro atoms. The van der Waals surface area contributed by atoms with Gasteiger partial charge in [-0.05, 0) is 23.6 Å². The largest absolute Gasteiger partial charge is 0.477 e. The zero-order valence-electron chi connectivity index (χ0n) is 13.8. The molecule has 0 saturated carbocycles. The highest BCUT2D eigenvalue weighted by Gasteiger charge is 2.38. The lowest BCUT2D eigenvalue weighted by Gasteiger charge is -2.14. The molecule has 1 fully saturated rings. The van der Waals surface area contributed by atoms with Gasteiger partial charge in [0.25, 0.3) is 5.92 Å². The molecular weight excluding hydrogens is 316 g/mol. The Morgan fingerprint density at radius 2 is 2.17 bits per heavy atom. The number of hydrogen-bond donors (Lipinski definition) is 1. The number of rotatable bonds is 5. The summed E-state index contributed by atoms with van der Waals surface area (Å²) in [5.74, 6) is -3.33. The van der Waals surface area contributed by atoms with Crippen LogP contribution in [0.1, 0.15) is 36.3 Å².